The molecule has 0 aliphatic heterocycles. The summed E-state index contributed by atoms with van der Waals surface area (Å²) in [4.78, 5) is 20.5. The third kappa shape index (κ3) is 8.82. The number of hydrogen-bond acceptors (Lipinski definition) is 5. The second-order valence-electron chi connectivity index (χ2n) is 6.98. The van der Waals surface area contributed by atoms with Crippen molar-refractivity contribution in [3.05, 3.63) is 35.4 Å². The Morgan fingerprint density at radius 3 is 2.32 bits per heavy atom. The maximum absolute atomic E-state index is 10.3. The van der Waals surface area contributed by atoms with Gasteiger partial charge in [-0.3, -0.25) is 0 Å². The molecule has 2 unspecified atom stereocenters. The van der Waals surface area contributed by atoms with E-state index < -0.39 is 18.0 Å². The van der Waals surface area contributed by atoms with E-state index in [0.29, 0.717) is 6.61 Å². The molecule has 0 aromatic heterocycles. The van der Waals surface area contributed by atoms with Gasteiger partial charge in [-0.05, 0) is 56.3 Å². The van der Waals surface area contributed by atoms with Crippen molar-refractivity contribution in [3.63, 3.8) is 0 Å². The van der Waals surface area contributed by atoms with Gasteiger partial charge >= 0.3 is 11.9 Å². The van der Waals surface area contributed by atoms with Gasteiger partial charge in [-0.25, -0.2) is 9.59 Å². The number of ether oxygens (including phenoxy) is 1. The average Bonchev–Trinajstić information content (AvgIpc) is 2.67. The van der Waals surface area contributed by atoms with Crippen LogP contribution in [0.1, 0.15) is 56.8 Å². The molecule has 28 heavy (non-hydrogen) atoms. The third-order valence-electron chi connectivity index (χ3n) is 4.54. The molecule has 0 saturated carbocycles. The fraction of sp³-hybridized carbons (Fsp3) is 0.619. The summed E-state index contributed by atoms with van der Waals surface area (Å²) in [7, 11) is 0. The van der Waals surface area contributed by atoms with E-state index in [1.54, 1.807) is 0 Å². The molecule has 0 fully saturated rings. The molecule has 1 aromatic carbocycles. The largest absolute Gasteiger partial charge is 0.473 e. The number of aliphatic hydroxyl groups excluding tert-OH is 1. The molecule has 0 radical (unpaired) electrons. The molecular weight excluding hydrogens is 362 g/mol. The Morgan fingerprint density at radius 2 is 1.75 bits per heavy atom. The molecule has 0 spiro atoms. The number of carboxylic acids is 2. The van der Waals surface area contributed by atoms with Crippen molar-refractivity contribution in [3.8, 4) is 0 Å². The van der Waals surface area contributed by atoms with Crippen LogP contribution in [-0.4, -0.2) is 64.5 Å². The highest BCUT2D eigenvalue weighted by Crippen LogP contribution is 2.32. The van der Waals surface area contributed by atoms with Crippen molar-refractivity contribution in [1.82, 2.24) is 4.90 Å². The van der Waals surface area contributed by atoms with Crippen LogP contribution in [0.4, 0.5) is 0 Å². The highest BCUT2D eigenvalue weighted by Gasteiger charge is 2.21. The van der Waals surface area contributed by atoms with Gasteiger partial charge in [-0.2, -0.15) is 0 Å². The van der Waals surface area contributed by atoms with Crippen LogP contribution in [0.5, 0.6) is 0 Å². The number of aryl methyl sites for hydroxylation is 1. The van der Waals surface area contributed by atoms with E-state index >= 15 is 0 Å². The summed E-state index contributed by atoms with van der Waals surface area (Å²) in [5.41, 5.74) is 2.73. The predicted molar refractivity (Wildman–Crippen MR) is 106 cm³/mol. The molecule has 7 heteroatoms. The minimum absolute atomic E-state index is 0.158. The van der Waals surface area contributed by atoms with Gasteiger partial charge in [0.25, 0.3) is 0 Å². The highest BCUT2D eigenvalue weighted by molar-refractivity contribution is 6.27. The van der Waals surface area contributed by atoms with Gasteiger partial charge in [0.1, 0.15) is 0 Å². The quantitative estimate of drug-likeness (QED) is 0.552. The van der Waals surface area contributed by atoms with E-state index in [0.717, 1.165) is 45.3 Å². The average molecular weight is 395 g/mol. The number of aliphatic hydroxyl groups is 1. The SMILES string of the molecule is CCCN(CCC)CC(O)COC1CCCc2ccccc21.O=C(O)C(=O)O. The number of fused-ring (bicyclic) bond motifs is 1. The Bertz CT molecular complexity index is 588. The van der Waals surface area contributed by atoms with E-state index in [2.05, 4.69) is 43.0 Å². The standard InChI is InChI=1S/C19H31NO2.C2H2O4/c1-3-12-20(13-4-2)14-17(21)15-22-19-11-7-9-16-8-5-6-10-18(16)19;3-1(4)2(5)6/h5-6,8,10,17,19,21H,3-4,7,9,11-15H2,1-2H3;(H,3,4)(H,5,6). The topological polar surface area (TPSA) is 107 Å². The van der Waals surface area contributed by atoms with Crippen LogP contribution in [0, 0.1) is 0 Å². The molecule has 158 valence electrons. The molecule has 7 nitrogen and oxygen atoms in total. The van der Waals surface area contributed by atoms with Crippen LogP contribution >= 0.6 is 0 Å². The number of hydrogen-bond donors (Lipinski definition) is 3. The summed E-state index contributed by atoms with van der Waals surface area (Å²) >= 11 is 0. The normalized spacial score (nSPS) is 16.6. The lowest BCUT2D eigenvalue weighted by atomic mass is 9.89. The van der Waals surface area contributed by atoms with E-state index in [1.807, 2.05) is 0 Å². The molecule has 0 heterocycles. The fourth-order valence-corrected chi connectivity index (χ4v) is 3.39. The van der Waals surface area contributed by atoms with Crippen LogP contribution in [0.3, 0.4) is 0 Å². The second kappa shape index (κ2) is 13.3. The summed E-state index contributed by atoms with van der Waals surface area (Å²) in [6.07, 6.45) is 5.41. The lowest BCUT2D eigenvalue weighted by Gasteiger charge is -2.28. The Labute approximate surface area is 166 Å². The number of rotatable bonds is 9. The Balaban J connectivity index is 0.000000568. The van der Waals surface area contributed by atoms with Crippen LogP contribution in [-0.2, 0) is 20.7 Å². The molecule has 1 aliphatic rings. The van der Waals surface area contributed by atoms with Gasteiger partial charge in [0.05, 0.1) is 18.8 Å². The lowest BCUT2D eigenvalue weighted by Crippen LogP contribution is -2.36. The molecule has 2 atom stereocenters. The first kappa shape index (κ1) is 24.1. The number of benzene rings is 1. The molecule has 0 amide bonds. The summed E-state index contributed by atoms with van der Waals surface area (Å²) in [5, 5.41) is 25.1. The third-order valence-corrected chi connectivity index (χ3v) is 4.54. The monoisotopic (exact) mass is 395 g/mol. The van der Waals surface area contributed by atoms with E-state index in [-0.39, 0.29) is 6.10 Å². The molecule has 1 aliphatic carbocycles. The maximum Gasteiger partial charge on any atom is 0.414 e. The Hall–Kier alpha value is -1.96. The molecule has 0 saturated heterocycles. The summed E-state index contributed by atoms with van der Waals surface area (Å²) in [6.45, 7) is 7.63. The van der Waals surface area contributed by atoms with Crippen LogP contribution < -0.4 is 0 Å². The molecule has 1 aromatic rings. The molecule has 0 bridgehead atoms. The van der Waals surface area contributed by atoms with E-state index in [9.17, 15) is 5.11 Å². The van der Waals surface area contributed by atoms with Gasteiger partial charge in [0, 0.05) is 6.54 Å². The van der Waals surface area contributed by atoms with Crippen molar-refractivity contribution >= 4 is 11.9 Å². The van der Waals surface area contributed by atoms with Crippen molar-refractivity contribution in [2.75, 3.05) is 26.2 Å². The minimum Gasteiger partial charge on any atom is -0.473 e. The van der Waals surface area contributed by atoms with Crippen molar-refractivity contribution in [2.24, 2.45) is 0 Å². The number of carbonyl (C=O) groups is 2. The first-order valence-corrected chi connectivity index (χ1v) is 9.95. The number of carboxylic acid groups (broad SMARTS) is 2. The lowest BCUT2D eigenvalue weighted by molar-refractivity contribution is -0.159. The van der Waals surface area contributed by atoms with Crippen LogP contribution in [0.2, 0.25) is 0 Å². The highest BCUT2D eigenvalue weighted by atomic mass is 16.5. The number of nitrogens with zero attached hydrogens (tertiary/aromatic N) is 1. The van der Waals surface area contributed by atoms with Crippen LogP contribution in [0.25, 0.3) is 0 Å². The zero-order valence-corrected chi connectivity index (χ0v) is 16.8. The van der Waals surface area contributed by atoms with Crippen molar-refractivity contribution in [1.29, 1.82) is 0 Å². The molecular formula is C21H33NO6. The van der Waals surface area contributed by atoms with Crippen molar-refractivity contribution < 1.29 is 29.6 Å². The fourth-order valence-electron chi connectivity index (χ4n) is 3.39. The second-order valence-corrected chi connectivity index (χ2v) is 6.98. The van der Waals surface area contributed by atoms with Gasteiger partial charge in [0.2, 0.25) is 0 Å². The van der Waals surface area contributed by atoms with Gasteiger partial charge in [0.15, 0.2) is 0 Å². The summed E-state index contributed by atoms with van der Waals surface area (Å²) in [6, 6.07) is 8.56. The first-order valence-electron chi connectivity index (χ1n) is 9.95. The van der Waals surface area contributed by atoms with E-state index in [4.69, 9.17) is 24.5 Å². The zero-order valence-electron chi connectivity index (χ0n) is 16.8. The summed E-state index contributed by atoms with van der Waals surface area (Å²) in [5.74, 6) is -3.65. The zero-order chi connectivity index (χ0) is 20.9. The molecule has 3 N–H and O–H groups in total. The van der Waals surface area contributed by atoms with E-state index in [1.165, 1.54) is 17.5 Å². The Morgan fingerprint density at radius 1 is 1.14 bits per heavy atom. The van der Waals surface area contributed by atoms with Gasteiger partial charge in [-0.15, -0.1) is 0 Å². The minimum atomic E-state index is -1.82. The van der Waals surface area contributed by atoms with Gasteiger partial charge < -0.3 is 25.0 Å². The van der Waals surface area contributed by atoms with Crippen LogP contribution in [0.15, 0.2) is 24.3 Å². The first-order chi connectivity index (χ1) is 13.4. The smallest absolute Gasteiger partial charge is 0.414 e. The van der Waals surface area contributed by atoms with Crippen molar-refractivity contribution in [2.45, 2.75) is 58.2 Å². The van der Waals surface area contributed by atoms with Gasteiger partial charge in [-0.1, -0.05) is 38.1 Å². The maximum atomic E-state index is 10.3. The summed E-state index contributed by atoms with van der Waals surface area (Å²) < 4.78 is 6.05. The number of aliphatic carboxylic acids is 2. The Kier molecular flexibility index (Phi) is 11.4. The molecule has 2 rings (SSSR count). The predicted octanol–water partition coefficient (Wildman–Crippen LogP) is 2.72.